The van der Waals surface area contributed by atoms with Crippen LogP contribution in [0.15, 0.2) is 79.1 Å². The number of fused-ring (bicyclic) bond motifs is 1. The third-order valence-corrected chi connectivity index (χ3v) is 4.64. The number of hydrogen-bond acceptors (Lipinski definition) is 4. The zero-order valence-corrected chi connectivity index (χ0v) is 16.4. The predicted molar refractivity (Wildman–Crippen MR) is 117 cm³/mol. The van der Waals surface area contributed by atoms with Crippen molar-refractivity contribution in [1.82, 2.24) is 15.3 Å². The van der Waals surface area contributed by atoms with E-state index in [0.29, 0.717) is 29.1 Å². The molecule has 0 aliphatic carbocycles. The molecule has 0 aliphatic heterocycles. The van der Waals surface area contributed by atoms with Gasteiger partial charge in [-0.15, -0.1) is 0 Å². The van der Waals surface area contributed by atoms with Crippen molar-refractivity contribution in [3.05, 3.63) is 90.3 Å². The molecule has 2 heterocycles. The second-order valence-electron chi connectivity index (χ2n) is 6.71. The fourth-order valence-electron chi connectivity index (χ4n) is 3.22. The van der Waals surface area contributed by atoms with Gasteiger partial charge in [0.25, 0.3) is 11.8 Å². The minimum atomic E-state index is -0.271. The normalized spacial score (nSPS) is 10.6. The second kappa shape index (κ2) is 8.53. The van der Waals surface area contributed by atoms with Crippen LogP contribution >= 0.6 is 0 Å². The van der Waals surface area contributed by atoms with Gasteiger partial charge in [-0.1, -0.05) is 24.3 Å². The maximum Gasteiger partial charge on any atom is 0.256 e. The number of nitrogens with one attached hydrogen (secondary N) is 2. The topological polar surface area (TPSA) is 84.0 Å². The summed E-state index contributed by atoms with van der Waals surface area (Å²) in [5.74, 6) is -0.450. The molecule has 0 bridgehead atoms. The smallest absolute Gasteiger partial charge is 0.256 e. The van der Waals surface area contributed by atoms with Gasteiger partial charge in [0.1, 0.15) is 0 Å². The molecule has 0 radical (unpaired) electrons. The lowest BCUT2D eigenvalue weighted by Gasteiger charge is -2.11. The van der Waals surface area contributed by atoms with E-state index in [9.17, 15) is 9.59 Å². The Labute approximate surface area is 174 Å². The first kappa shape index (κ1) is 19.3. The summed E-state index contributed by atoms with van der Waals surface area (Å²) in [5, 5.41) is 6.41. The number of rotatable bonds is 5. The molecule has 0 saturated carbocycles. The largest absolute Gasteiger partial charge is 0.352 e. The first-order chi connectivity index (χ1) is 14.7. The van der Waals surface area contributed by atoms with Gasteiger partial charge in [-0.25, -0.2) is 4.98 Å². The van der Waals surface area contributed by atoms with Crippen molar-refractivity contribution in [2.24, 2.45) is 0 Å². The number of hydrogen-bond donors (Lipinski definition) is 2. The van der Waals surface area contributed by atoms with E-state index in [0.717, 1.165) is 16.5 Å². The summed E-state index contributed by atoms with van der Waals surface area (Å²) in [7, 11) is 0. The number of benzene rings is 2. The monoisotopic (exact) mass is 396 g/mol. The second-order valence-corrected chi connectivity index (χ2v) is 6.71. The summed E-state index contributed by atoms with van der Waals surface area (Å²) >= 11 is 0. The van der Waals surface area contributed by atoms with E-state index in [1.807, 2.05) is 43.3 Å². The van der Waals surface area contributed by atoms with E-state index >= 15 is 0 Å². The minimum absolute atomic E-state index is 0.179. The van der Waals surface area contributed by atoms with Crippen molar-refractivity contribution in [3.63, 3.8) is 0 Å². The van der Waals surface area contributed by atoms with Crippen molar-refractivity contribution in [2.75, 3.05) is 11.9 Å². The van der Waals surface area contributed by atoms with Crippen LogP contribution in [0.3, 0.4) is 0 Å². The molecule has 2 aromatic carbocycles. The molecular weight excluding hydrogens is 376 g/mol. The Kier molecular flexibility index (Phi) is 5.48. The van der Waals surface area contributed by atoms with E-state index in [2.05, 4.69) is 20.6 Å². The quantitative estimate of drug-likeness (QED) is 0.527. The molecule has 0 aliphatic rings. The number of anilines is 1. The molecule has 0 unspecified atom stereocenters. The standard InChI is InChI=1S/C24H20N4O2/c1-2-26-23(29)16-7-5-9-18(13-16)27-24(30)20-14-22(17-8-6-12-25-15-17)28-21-11-4-3-10-19(20)21/h3-15H,2H2,1H3,(H,26,29)(H,27,30). The molecule has 6 heteroatoms. The minimum Gasteiger partial charge on any atom is -0.352 e. The molecule has 4 aromatic rings. The highest BCUT2D eigenvalue weighted by molar-refractivity contribution is 6.13. The molecule has 2 amide bonds. The molecule has 0 fully saturated rings. The van der Waals surface area contributed by atoms with Gasteiger partial charge in [-0.05, 0) is 49.4 Å². The SMILES string of the molecule is CCNC(=O)c1cccc(NC(=O)c2cc(-c3cccnc3)nc3ccccc23)c1. The molecule has 2 N–H and O–H groups in total. The Morgan fingerprint density at radius 2 is 1.80 bits per heavy atom. The first-order valence-corrected chi connectivity index (χ1v) is 9.65. The van der Waals surface area contributed by atoms with Crippen LogP contribution in [-0.2, 0) is 0 Å². The van der Waals surface area contributed by atoms with Crippen molar-refractivity contribution < 1.29 is 9.59 Å². The highest BCUT2D eigenvalue weighted by Gasteiger charge is 2.15. The molecular formula is C24H20N4O2. The summed E-state index contributed by atoms with van der Waals surface area (Å²) < 4.78 is 0. The third-order valence-electron chi connectivity index (χ3n) is 4.64. The third kappa shape index (κ3) is 4.03. The van der Waals surface area contributed by atoms with E-state index in [4.69, 9.17) is 0 Å². The lowest BCUT2D eigenvalue weighted by Crippen LogP contribution is -2.22. The zero-order valence-electron chi connectivity index (χ0n) is 16.4. The van der Waals surface area contributed by atoms with Gasteiger partial charge in [0.05, 0.1) is 16.8 Å². The van der Waals surface area contributed by atoms with Crippen LogP contribution in [0.5, 0.6) is 0 Å². The van der Waals surface area contributed by atoms with Crippen molar-refractivity contribution in [2.45, 2.75) is 6.92 Å². The molecule has 148 valence electrons. The molecule has 0 spiro atoms. The molecule has 30 heavy (non-hydrogen) atoms. The average Bonchev–Trinajstić information content (AvgIpc) is 2.79. The fraction of sp³-hybridized carbons (Fsp3) is 0.0833. The number of amides is 2. The molecule has 2 aromatic heterocycles. The van der Waals surface area contributed by atoms with Crippen LogP contribution in [0.2, 0.25) is 0 Å². The number of carbonyl (C=O) groups is 2. The Morgan fingerprint density at radius 1 is 0.933 bits per heavy atom. The van der Waals surface area contributed by atoms with E-state index in [1.165, 1.54) is 0 Å². The van der Waals surface area contributed by atoms with Gasteiger partial charge in [0.15, 0.2) is 0 Å². The Morgan fingerprint density at radius 3 is 2.60 bits per heavy atom. The lowest BCUT2D eigenvalue weighted by atomic mass is 10.0. The highest BCUT2D eigenvalue weighted by Crippen LogP contribution is 2.25. The molecule has 6 nitrogen and oxygen atoms in total. The number of nitrogens with zero attached hydrogens (tertiary/aromatic N) is 2. The predicted octanol–water partition coefficient (Wildman–Crippen LogP) is 4.30. The summed E-state index contributed by atoms with van der Waals surface area (Å²) in [6.07, 6.45) is 3.41. The van der Waals surface area contributed by atoms with E-state index in [1.54, 1.807) is 42.7 Å². The Bertz CT molecular complexity index is 1220. The van der Waals surface area contributed by atoms with Crippen molar-refractivity contribution >= 4 is 28.4 Å². The van der Waals surface area contributed by atoms with Gasteiger partial charge in [0.2, 0.25) is 0 Å². The van der Waals surface area contributed by atoms with Crippen LogP contribution in [0.25, 0.3) is 22.2 Å². The van der Waals surface area contributed by atoms with E-state index in [-0.39, 0.29) is 11.8 Å². The van der Waals surface area contributed by atoms with Gasteiger partial charge in [0, 0.05) is 41.1 Å². The lowest BCUT2D eigenvalue weighted by molar-refractivity contribution is 0.0954. The van der Waals surface area contributed by atoms with Crippen molar-refractivity contribution in [3.8, 4) is 11.3 Å². The number of pyridine rings is 2. The maximum atomic E-state index is 13.2. The fourth-order valence-corrected chi connectivity index (χ4v) is 3.22. The van der Waals surface area contributed by atoms with Crippen LogP contribution in [-0.4, -0.2) is 28.3 Å². The van der Waals surface area contributed by atoms with Gasteiger partial charge in [-0.3, -0.25) is 14.6 Å². The Balaban J connectivity index is 1.71. The van der Waals surface area contributed by atoms with Crippen LogP contribution < -0.4 is 10.6 Å². The van der Waals surface area contributed by atoms with Crippen LogP contribution in [0, 0.1) is 0 Å². The van der Waals surface area contributed by atoms with Gasteiger partial charge >= 0.3 is 0 Å². The maximum absolute atomic E-state index is 13.2. The van der Waals surface area contributed by atoms with Gasteiger partial charge < -0.3 is 10.6 Å². The molecule has 0 atom stereocenters. The highest BCUT2D eigenvalue weighted by atomic mass is 16.2. The number of para-hydroxylation sites is 1. The van der Waals surface area contributed by atoms with Crippen LogP contribution in [0.1, 0.15) is 27.6 Å². The van der Waals surface area contributed by atoms with Gasteiger partial charge in [-0.2, -0.15) is 0 Å². The number of aromatic nitrogens is 2. The summed E-state index contributed by atoms with van der Waals surface area (Å²) in [5.41, 5.74) is 3.76. The molecule has 0 saturated heterocycles. The summed E-state index contributed by atoms with van der Waals surface area (Å²) in [6, 6.07) is 19.9. The summed E-state index contributed by atoms with van der Waals surface area (Å²) in [4.78, 5) is 34.1. The first-order valence-electron chi connectivity index (χ1n) is 9.65. The van der Waals surface area contributed by atoms with E-state index < -0.39 is 0 Å². The zero-order chi connectivity index (χ0) is 20.9. The number of carbonyl (C=O) groups excluding carboxylic acids is 2. The Hall–Kier alpha value is -4.06. The van der Waals surface area contributed by atoms with Crippen LogP contribution in [0.4, 0.5) is 5.69 Å². The average molecular weight is 396 g/mol. The molecule has 4 rings (SSSR count). The summed E-state index contributed by atoms with van der Waals surface area (Å²) in [6.45, 7) is 2.40. The van der Waals surface area contributed by atoms with Crippen molar-refractivity contribution in [1.29, 1.82) is 0 Å².